The van der Waals surface area contributed by atoms with Gasteiger partial charge in [0.2, 0.25) is 11.8 Å². The minimum absolute atomic E-state index is 0.0127. The van der Waals surface area contributed by atoms with Gasteiger partial charge in [0, 0.05) is 6.42 Å². The number of benzene rings is 1. The van der Waals surface area contributed by atoms with Crippen LogP contribution in [0.25, 0.3) is 11.0 Å². The van der Waals surface area contributed by atoms with Crippen molar-refractivity contribution in [1.29, 1.82) is 0 Å². The topological polar surface area (TPSA) is 69.9 Å². The summed E-state index contributed by atoms with van der Waals surface area (Å²) in [5, 5.41) is 0. The van der Waals surface area contributed by atoms with E-state index < -0.39 is 11.6 Å². The molecule has 3 rings (SSSR count). The summed E-state index contributed by atoms with van der Waals surface area (Å²) in [7, 11) is 0. The Balaban J connectivity index is 2.10. The lowest BCUT2D eigenvalue weighted by atomic mass is 10.3. The molecule has 0 spiro atoms. The third-order valence-corrected chi connectivity index (χ3v) is 3.07. The van der Waals surface area contributed by atoms with Crippen molar-refractivity contribution in [2.75, 3.05) is 5.73 Å². The summed E-state index contributed by atoms with van der Waals surface area (Å²) in [5.74, 6) is -0.749. The first-order chi connectivity index (χ1) is 9.60. The minimum atomic E-state index is -0.978. The van der Waals surface area contributed by atoms with Crippen LogP contribution in [-0.2, 0) is 13.0 Å². The van der Waals surface area contributed by atoms with Crippen molar-refractivity contribution in [2.45, 2.75) is 19.9 Å². The molecule has 0 aliphatic carbocycles. The molecule has 0 saturated carbocycles. The van der Waals surface area contributed by atoms with Crippen LogP contribution in [-0.4, -0.2) is 14.5 Å². The van der Waals surface area contributed by atoms with E-state index in [2.05, 4.69) is 9.97 Å². The highest BCUT2D eigenvalue weighted by molar-refractivity contribution is 5.79. The molecular weight excluding hydrogens is 266 g/mol. The maximum atomic E-state index is 13.9. The molecule has 2 aromatic heterocycles. The molecule has 5 nitrogen and oxygen atoms in total. The van der Waals surface area contributed by atoms with E-state index in [-0.39, 0.29) is 18.0 Å². The van der Waals surface area contributed by atoms with Gasteiger partial charge in [0.1, 0.15) is 17.8 Å². The van der Waals surface area contributed by atoms with Crippen molar-refractivity contribution >= 4 is 17.0 Å². The van der Waals surface area contributed by atoms with Gasteiger partial charge in [-0.25, -0.2) is 18.7 Å². The van der Waals surface area contributed by atoms with Crippen LogP contribution < -0.4 is 5.73 Å². The highest BCUT2D eigenvalue weighted by atomic mass is 19.2. The first-order valence-electron chi connectivity index (χ1n) is 6.13. The maximum Gasteiger partial charge on any atom is 0.214 e. The van der Waals surface area contributed by atoms with Gasteiger partial charge in [0.25, 0.3) is 0 Å². The normalized spacial score (nSPS) is 11.3. The van der Waals surface area contributed by atoms with Gasteiger partial charge < -0.3 is 10.2 Å². The van der Waals surface area contributed by atoms with Crippen LogP contribution in [0.1, 0.15) is 18.6 Å². The molecule has 0 amide bonds. The number of nitrogen functional groups attached to an aromatic ring is 1. The molecular formula is C13H12F2N4O. The number of rotatable bonds is 3. The molecule has 1 aromatic carbocycles. The van der Waals surface area contributed by atoms with E-state index >= 15 is 0 Å². The van der Waals surface area contributed by atoms with Crippen LogP contribution >= 0.6 is 0 Å². The van der Waals surface area contributed by atoms with Crippen molar-refractivity contribution in [2.24, 2.45) is 0 Å². The summed E-state index contributed by atoms with van der Waals surface area (Å²) in [6.07, 6.45) is 2.30. The molecule has 7 heteroatoms. The van der Waals surface area contributed by atoms with E-state index in [9.17, 15) is 8.78 Å². The van der Waals surface area contributed by atoms with E-state index in [0.717, 1.165) is 11.8 Å². The number of aryl methyl sites for hydroxylation is 1. The van der Waals surface area contributed by atoms with Crippen LogP contribution in [0.2, 0.25) is 0 Å². The van der Waals surface area contributed by atoms with Crippen molar-refractivity contribution in [1.82, 2.24) is 14.5 Å². The zero-order valence-electron chi connectivity index (χ0n) is 10.7. The fourth-order valence-corrected chi connectivity index (χ4v) is 2.05. The first-order valence-corrected chi connectivity index (χ1v) is 6.13. The molecule has 0 fully saturated rings. The Labute approximate surface area is 113 Å². The smallest absolute Gasteiger partial charge is 0.214 e. The van der Waals surface area contributed by atoms with Crippen LogP contribution in [0.5, 0.6) is 0 Å². The number of nitrogens with zero attached hydrogens (tertiary/aromatic N) is 3. The Kier molecular flexibility index (Phi) is 2.89. The Hall–Kier alpha value is -2.44. The minimum Gasteiger partial charge on any atom is -0.444 e. The van der Waals surface area contributed by atoms with E-state index in [1.165, 1.54) is 10.6 Å². The Morgan fingerprint density at radius 2 is 2.15 bits per heavy atom. The summed E-state index contributed by atoms with van der Waals surface area (Å²) in [4.78, 5) is 8.08. The summed E-state index contributed by atoms with van der Waals surface area (Å²) >= 11 is 0. The largest absolute Gasteiger partial charge is 0.444 e. The number of oxazole rings is 1. The molecule has 0 radical (unpaired) electrons. The van der Waals surface area contributed by atoms with E-state index in [4.69, 9.17) is 10.2 Å². The molecule has 104 valence electrons. The quantitative estimate of drug-likeness (QED) is 0.799. The first kappa shape index (κ1) is 12.6. The van der Waals surface area contributed by atoms with Gasteiger partial charge >= 0.3 is 0 Å². The molecule has 20 heavy (non-hydrogen) atoms. The molecule has 0 aliphatic heterocycles. The van der Waals surface area contributed by atoms with Crippen molar-refractivity contribution in [3.63, 3.8) is 0 Å². The average Bonchev–Trinajstić information content (AvgIpc) is 3.00. The third-order valence-electron chi connectivity index (χ3n) is 3.07. The van der Waals surface area contributed by atoms with Crippen LogP contribution in [0.4, 0.5) is 14.7 Å². The monoisotopic (exact) mass is 278 g/mol. The molecule has 2 heterocycles. The molecule has 0 unspecified atom stereocenters. The fraction of sp³-hybridized carbons (Fsp3) is 0.231. The Morgan fingerprint density at radius 1 is 1.35 bits per heavy atom. The summed E-state index contributed by atoms with van der Waals surface area (Å²) in [6.45, 7) is 2.03. The second-order valence-electron chi connectivity index (χ2n) is 4.36. The molecule has 0 aliphatic rings. The SMILES string of the molecule is CCc1cnc(Cn2c(N)nc3ccc(F)c(F)c32)o1. The number of fused-ring (bicyclic) bond motifs is 1. The predicted molar refractivity (Wildman–Crippen MR) is 69.0 cm³/mol. The number of aromatic nitrogens is 3. The molecule has 0 atom stereocenters. The van der Waals surface area contributed by atoms with Gasteiger partial charge in [-0.3, -0.25) is 4.57 Å². The molecule has 0 bridgehead atoms. The highest BCUT2D eigenvalue weighted by Crippen LogP contribution is 2.24. The summed E-state index contributed by atoms with van der Waals surface area (Å²) in [5.41, 5.74) is 6.06. The number of imidazole rings is 1. The second-order valence-corrected chi connectivity index (χ2v) is 4.36. The van der Waals surface area contributed by atoms with Crippen LogP contribution in [0, 0.1) is 11.6 Å². The van der Waals surface area contributed by atoms with Gasteiger partial charge in [-0.1, -0.05) is 6.92 Å². The van der Waals surface area contributed by atoms with Crippen molar-refractivity contribution < 1.29 is 13.2 Å². The molecule has 3 aromatic rings. The van der Waals surface area contributed by atoms with Gasteiger partial charge in [-0.05, 0) is 12.1 Å². The second kappa shape index (κ2) is 4.59. The number of hydrogen-bond donors (Lipinski definition) is 1. The lowest BCUT2D eigenvalue weighted by Gasteiger charge is -2.04. The van der Waals surface area contributed by atoms with Gasteiger partial charge in [-0.2, -0.15) is 0 Å². The number of anilines is 1. The van der Waals surface area contributed by atoms with Crippen molar-refractivity contribution in [3.8, 4) is 0 Å². The Morgan fingerprint density at radius 3 is 2.85 bits per heavy atom. The lowest BCUT2D eigenvalue weighted by molar-refractivity contribution is 0.447. The number of halogens is 2. The van der Waals surface area contributed by atoms with E-state index in [1.54, 1.807) is 6.20 Å². The van der Waals surface area contributed by atoms with Gasteiger partial charge in [-0.15, -0.1) is 0 Å². The molecule has 0 saturated heterocycles. The Bertz CT molecular complexity index is 778. The van der Waals surface area contributed by atoms with E-state index in [1.807, 2.05) is 6.92 Å². The fourth-order valence-electron chi connectivity index (χ4n) is 2.05. The van der Waals surface area contributed by atoms with Gasteiger partial charge in [0.15, 0.2) is 11.6 Å². The highest BCUT2D eigenvalue weighted by Gasteiger charge is 2.17. The zero-order chi connectivity index (χ0) is 14.3. The summed E-state index contributed by atoms with van der Waals surface area (Å²) < 4.78 is 34.0. The van der Waals surface area contributed by atoms with Crippen molar-refractivity contribution in [3.05, 3.63) is 41.6 Å². The standard InChI is InChI=1S/C13H12F2N4O/c1-2-7-5-17-10(20-7)6-19-12-9(18-13(19)16)4-3-8(14)11(12)15/h3-5H,2,6H2,1H3,(H2,16,18). The molecule has 2 N–H and O–H groups in total. The van der Waals surface area contributed by atoms with Crippen LogP contribution in [0.15, 0.2) is 22.7 Å². The maximum absolute atomic E-state index is 13.9. The van der Waals surface area contributed by atoms with Crippen LogP contribution in [0.3, 0.4) is 0 Å². The van der Waals surface area contributed by atoms with Gasteiger partial charge in [0.05, 0.1) is 11.7 Å². The van der Waals surface area contributed by atoms with E-state index in [0.29, 0.717) is 17.8 Å². The summed E-state index contributed by atoms with van der Waals surface area (Å²) in [6, 6.07) is 2.41. The predicted octanol–water partition coefficient (Wildman–Crippen LogP) is 2.50. The zero-order valence-corrected chi connectivity index (χ0v) is 10.7. The average molecular weight is 278 g/mol. The lowest BCUT2D eigenvalue weighted by Crippen LogP contribution is -2.06. The number of nitrogens with two attached hydrogens (primary N) is 1. The number of hydrogen-bond acceptors (Lipinski definition) is 4. The third kappa shape index (κ3) is 1.91.